The number of fused-ring (bicyclic) bond motifs is 3. The molecule has 0 aliphatic heterocycles. The lowest BCUT2D eigenvalue weighted by Crippen LogP contribution is -2.36. The number of benzene rings is 1. The second-order valence-electron chi connectivity index (χ2n) is 7.16. The van der Waals surface area contributed by atoms with Gasteiger partial charge in [-0.3, -0.25) is 4.79 Å². The van der Waals surface area contributed by atoms with Crippen LogP contribution in [0.15, 0.2) is 24.4 Å². The summed E-state index contributed by atoms with van der Waals surface area (Å²) in [6.07, 6.45) is 8.73. The first-order valence-corrected chi connectivity index (χ1v) is 8.70. The number of rotatable bonds is 5. The molecule has 4 nitrogen and oxygen atoms in total. The predicted molar refractivity (Wildman–Crippen MR) is 91.7 cm³/mol. The maximum Gasteiger partial charge on any atom is 0.221 e. The average molecular weight is 312 g/mol. The van der Waals surface area contributed by atoms with E-state index in [1.807, 2.05) is 24.4 Å². The van der Waals surface area contributed by atoms with E-state index in [9.17, 15) is 4.79 Å². The van der Waals surface area contributed by atoms with Crippen LogP contribution in [-0.4, -0.2) is 17.5 Å². The van der Waals surface area contributed by atoms with Crippen LogP contribution in [0.5, 0.6) is 5.75 Å². The van der Waals surface area contributed by atoms with Crippen molar-refractivity contribution in [3.05, 3.63) is 24.4 Å². The molecule has 0 unspecified atom stereocenters. The molecule has 1 aromatic heterocycles. The number of hydrogen-bond acceptors (Lipinski definition) is 2. The van der Waals surface area contributed by atoms with E-state index in [0.717, 1.165) is 46.7 Å². The molecular weight excluding hydrogens is 288 g/mol. The van der Waals surface area contributed by atoms with E-state index in [-0.39, 0.29) is 5.91 Å². The molecule has 3 fully saturated rings. The minimum atomic E-state index is -0.0617. The van der Waals surface area contributed by atoms with Crippen molar-refractivity contribution >= 4 is 22.5 Å². The number of amides is 1. The lowest BCUT2D eigenvalue weighted by molar-refractivity contribution is -0.114. The van der Waals surface area contributed by atoms with Gasteiger partial charge in [0.05, 0.1) is 12.3 Å². The zero-order valence-electron chi connectivity index (χ0n) is 13.6. The van der Waals surface area contributed by atoms with Gasteiger partial charge < -0.3 is 15.0 Å². The number of ether oxygens (including phenoxy) is 1. The summed E-state index contributed by atoms with van der Waals surface area (Å²) in [6, 6.07) is 6.01. The van der Waals surface area contributed by atoms with Crippen LogP contribution in [-0.2, 0) is 4.79 Å². The largest absolute Gasteiger partial charge is 0.494 e. The third kappa shape index (κ3) is 2.94. The SMILES string of the molecule is CC(=O)Nc1c[nH]c2ccc(OCC[C@@H]3CCC4CC3C4)cc12. The Hall–Kier alpha value is -1.97. The average Bonchev–Trinajstić information content (AvgIpc) is 2.89. The zero-order chi connectivity index (χ0) is 15.8. The summed E-state index contributed by atoms with van der Waals surface area (Å²) in [7, 11) is 0. The molecule has 1 heterocycles. The van der Waals surface area contributed by atoms with Gasteiger partial charge in [0.15, 0.2) is 0 Å². The molecule has 5 rings (SSSR count). The molecule has 0 saturated heterocycles. The fraction of sp³-hybridized carbons (Fsp3) is 0.526. The number of anilines is 1. The van der Waals surface area contributed by atoms with Crippen LogP contribution in [0.4, 0.5) is 5.69 Å². The van der Waals surface area contributed by atoms with Gasteiger partial charge in [-0.15, -0.1) is 0 Å². The van der Waals surface area contributed by atoms with Crippen molar-refractivity contribution in [1.82, 2.24) is 4.98 Å². The van der Waals surface area contributed by atoms with Gasteiger partial charge in [0.2, 0.25) is 5.91 Å². The molecule has 1 atom stereocenters. The summed E-state index contributed by atoms with van der Waals surface area (Å²) in [5, 5.41) is 3.85. The highest BCUT2D eigenvalue weighted by Crippen LogP contribution is 2.49. The second-order valence-corrected chi connectivity index (χ2v) is 7.16. The zero-order valence-corrected chi connectivity index (χ0v) is 13.6. The number of hydrogen-bond donors (Lipinski definition) is 2. The number of aromatic nitrogens is 1. The van der Waals surface area contributed by atoms with Crippen molar-refractivity contribution in [2.75, 3.05) is 11.9 Å². The number of H-pyrrole nitrogens is 1. The van der Waals surface area contributed by atoms with Crippen LogP contribution < -0.4 is 10.1 Å². The summed E-state index contributed by atoms with van der Waals surface area (Å²) in [4.78, 5) is 14.4. The number of carbonyl (C=O) groups is 1. The van der Waals surface area contributed by atoms with Crippen molar-refractivity contribution in [1.29, 1.82) is 0 Å². The highest BCUT2D eigenvalue weighted by atomic mass is 16.5. The van der Waals surface area contributed by atoms with E-state index < -0.39 is 0 Å². The topological polar surface area (TPSA) is 54.1 Å². The van der Waals surface area contributed by atoms with E-state index in [1.165, 1.54) is 39.0 Å². The fourth-order valence-electron chi connectivity index (χ4n) is 4.28. The van der Waals surface area contributed by atoms with Gasteiger partial charge >= 0.3 is 0 Å². The van der Waals surface area contributed by atoms with Crippen molar-refractivity contribution in [3.63, 3.8) is 0 Å². The van der Waals surface area contributed by atoms with Crippen LogP contribution in [0, 0.1) is 17.8 Å². The van der Waals surface area contributed by atoms with Crippen LogP contribution in [0.1, 0.15) is 39.0 Å². The normalized spacial score (nSPS) is 25.9. The maximum absolute atomic E-state index is 11.3. The van der Waals surface area contributed by atoms with Crippen LogP contribution in [0.3, 0.4) is 0 Å². The summed E-state index contributed by atoms with van der Waals surface area (Å²) in [6.45, 7) is 2.31. The number of aromatic amines is 1. The predicted octanol–water partition coefficient (Wildman–Crippen LogP) is 4.33. The summed E-state index contributed by atoms with van der Waals surface area (Å²) < 4.78 is 5.99. The second kappa shape index (κ2) is 5.91. The van der Waals surface area contributed by atoms with Crippen LogP contribution >= 0.6 is 0 Å². The Bertz CT molecular complexity index is 712. The van der Waals surface area contributed by atoms with Gasteiger partial charge in [-0.25, -0.2) is 0 Å². The summed E-state index contributed by atoms with van der Waals surface area (Å²) in [5.74, 6) is 3.70. The Morgan fingerprint density at radius 2 is 2.22 bits per heavy atom. The number of nitrogens with one attached hydrogen (secondary N) is 2. The van der Waals surface area contributed by atoms with Gasteiger partial charge in [0.25, 0.3) is 0 Å². The third-order valence-electron chi connectivity index (χ3n) is 5.61. The summed E-state index contributed by atoms with van der Waals surface area (Å²) >= 11 is 0. The van der Waals surface area contributed by atoms with Crippen LogP contribution in [0.25, 0.3) is 10.9 Å². The molecule has 2 bridgehead atoms. The highest BCUT2D eigenvalue weighted by molar-refractivity contribution is 6.01. The van der Waals surface area contributed by atoms with Gasteiger partial charge in [-0.05, 0) is 61.6 Å². The van der Waals surface area contributed by atoms with Gasteiger partial charge in [0.1, 0.15) is 5.75 Å². The van der Waals surface area contributed by atoms with Crippen molar-refractivity contribution in [2.45, 2.75) is 39.0 Å². The van der Waals surface area contributed by atoms with Crippen molar-refractivity contribution < 1.29 is 9.53 Å². The van der Waals surface area contributed by atoms with E-state index >= 15 is 0 Å². The fourth-order valence-corrected chi connectivity index (χ4v) is 4.28. The first-order chi connectivity index (χ1) is 11.2. The lowest BCUT2D eigenvalue weighted by atomic mass is 9.59. The van der Waals surface area contributed by atoms with Crippen LogP contribution in [0.2, 0.25) is 0 Å². The van der Waals surface area contributed by atoms with Gasteiger partial charge in [-0.2, -0.15) is 0 Å². The third-order valence-corrected chi connectivity index (χ3v) is 5.61. The Morgan fingerprint density at radius 3 is 2.96 bits per heavy atom. The first kappa shape index (κ1) is 14.6. The molecule has 4 heteroatoms. The molecule has 1 amide bonds. The molecule has 2 aromatic rings. The Labute approximate surface area is 136 Å². The maximum atomic E-state index is 11.3. The molecule has 0 spiro atoms. The van der Waals surface area contributed by atoms with Crippen molar-refractivity contribution in [3.8, 4) is 5.75 Å². The first-order valence-electron chi connectivity index (χ1n) is 8.70. The van der Waals surface area contributed by atoms with Gasteiger partial charge in [-0.1, -0.05) is 6.42 Å². The summed E-state index contributed by atoms with van der Waals surface area (Å²) in [5.41, 5.74) is 1.82. The molecule has 23 heavy (non-hydrogen) atoms. The van der Waals surface area contributed by atoms with Crippen molar-refractivity contribution in [2.24, 2.45) is 17.8 Å². The van der Waals surface area contributed by atoms with E-state index in [2.05, 4.69) is 10.3 Å². The number of carbonyl (C=O) groups excluding carboxylic acids is 1. The quantitative estimate of drug-likeness (QED) is 0.863. The molecule has 0 radical (unpaired) electrons. The highest BCUT2D eigenvalue weighted by Gasteiger charge is 2.39. The minimum Gasteiger partial charge on any atom is -0.494 e. The Kier molecular flexibility index (Phi) is 3.76. The van der Waals surface area contributed by atoms with E-state index in [1.54, 1.807) is 0 Å². The lowest BCUT2D eigenvalue weighted by Gasteiger charge is -2.46. The standard InChI is InChI=1S/C19H24N2O2/c1-12(22)21-19-11-20-18-5-4-16(10-17(18)19)23-7-6-14-3-2-13-8-15(14)9-13/h4-5,10-11,13-15,20H,2-3,6-9H2,1H3,(H,21,22)/t13?,14-,15?/m0/s1. The molecule has 3 aliphatic carbocycles. The molecule has 3 aliphatic rings. The van der Waals surface area contributed by atoms with E-state index in [0.29, 0.717) is 0 Å². The Morgan fingerprint density at radius 1 is 1.35 bits per heavy atom. The molecule has 2 N–H and O–H groups in total. The monoisotopic (exact) mass is 312 g/mol. The minimum absolute atomic E-state index is 0.0617. The smallest absolute Gasteiger partial charge is 0.221 e. The van der Waals surface area contributed by atoms with E-state index in [4.69, 9.17) is 4.74 Å². The van der Waals surface area contributed by atoms with Gasteiger partial charge in [0, 0.05) is 24.0 Å². The molecule has 3 saturated carbocycles. The Balaban J connectivity index is 1.39. The molecule has 122 valence electrons. The molecule has 1 aromatic carbocycles. The molecular formula is C19H24N2O2.